The minimum Gasteiger partial charge on any atom is -0.338 e. The summed E-state index contributed by atoms with van der Waals surface area (Å²) in [6, 6.07) is 0.629. The Morgan fingerprint density at radius 3 is 2.75 bits per heavy atom. The van der Waals surface area contributed by atoms with Gasteiger partial charge < -0.3 is 10.6 Å². The smallest absolute Gasteiger partial charge is 0.226 e. The number of amides is 1. The summed E-state index contributed by atoms with van der Waals surface area (Å²) in [6.45, 7) is 5.31. The van der Waals surface area contributed by atoms with E-state index in [0.29, 0.717) is 17.2 Å². The fourth-order valence-corrected chi connectivity index (χ4v) is 3.82. The van der Waals surface area contributed by atoms with Gasteiger partial charge in [0.05, 0.1) is 0 Å². The molecule has 0 bridgehead atoms. The minimum atomic E-state index is 0.202. The molecule has 92 valence electrons. The van der Waals surface area contributed by atoms with Crippen LogP contribution in [0.4, 0.5) is 0 Å². The van der Waals surface area contributed by atoms with Crippen molar-refractivity contribution >= 4 is 17.7 Å². The molecule has 1 aliphatic heterocycles. The summed E-state index contributed by atoms with van der Waals surface area (Å²) >= 11 is 1.97. The Hall–Kier alpha value is -0.220. The molecule has 1 heterocycles. The lowest BCUT2D eigenvalue weighted by Crippen LogP contribution is -2.49. The standard InChI is InChI=1S/C12H22N2OS/c1-8-9(2)16-6-5-14(8)12(15)10-3-4-11(13)7-10/h8-11H,3-7,13H2,1-2H3. The average molecular weight is 242 g/mol. The lowest BCUT2D eigenvalue weighted by molar-refractivity contribution is -0.137. The first-order chi connectivity index (χ1) is 7.59. The second-order valence-corrected chi connectivity index (χ2v) is 6.60. The molecule has 16 heavy (non-hydrogen) atoms. The van der Waals surface area contributed by atoms with Gasteiger partial charge in [-0.3, -0.25) is 4.79 Å². The molecule has 1 aliphatic carbocycles. The molecule has 2 N–H and O–H groups in total. The highest BCUT2D eigenvalue weighted by Crippen LogP contribution is 2.30. The molecule has 1 saturated carbocycles. The van der Waals surface area contributed by atoms with Crippen LogP contribution in [0, 0.1) is 5.92 Å². The van der Waals surface area contributed by atoms with E-state index >= 15 is 0 Å². The molecule has 3 nitrogen and oxygen atoms in total. The summed E-state index contributed by atoms with van der Waals surface area (Å²) in [7, 11) is 0. The Balaban J connectivity index is 1.98. The van der Waals surface area contributed by atoms with Gasteiger partial charge >= 0.3 is 0 Å². The molecule has 4 heteroatoms. The lowest BCUT2D eigenvalue weighted by atomic mass is 10.0. The van der Waals surface area contributed by atoms with Gasteiger partial charge in [-0.15, -0.1) is 0 Å². The van der Waals surface area contributed by atoms with Gasteiger partial charge in [-0.1, -0.05) is 6.92 Å². The largest absolute Gasteiger partial charge is 0.338 e. The molecule has 4 unspecified atom stereocenters. The molecule has 2 aliphatic rings. The summed E-state index contributed by atoms with van der Waals surface area (Å²) in [5, 5.41) is 0.563. The van der Waals surface area contributed by atoms with Crippen molar-refractivity contribution in [2.75, 3.05) is 12.3 Å². The first-order valence-electron chi connectivity index (χ1n) is 6.27. The van der Waals surface area contributed by atoms with Gasteiger partial charge in [0.2, 0.25) is 5.91 Å². The van der Waals surface area contributed by atoms with Crippen LogP contribution in [0.1, 0.15) is 33.1 Å². The fraction of sp³-hybridized carbons (Fsp3) is 0.917. The van der Waals surface area contributed by atoms with E-state index < -0.39 is 0 Å². The maximum Gasteiger partial charge on any atom is 0.226 e. The van der Waals surface area contributed by atoms with Gasteiger partial charge in [0.25, 0.3) is 0 Å². The van der Waals surface area contributed by atoms with Crippen LogP contribution in [0.25, 0.3) is 0 Å². The summed E-state index contributed by atoms with van der Waals surface area (Å²) in [6.07, 6.45) is 2.90. The maximum atomic E-state index is 12.4. The molecule has 0 aromatic carbocycles. The average Bonchev–Trinajstić information content (AvgIpc) is 2.68. The third-order valence-corrected chi connectivity index (χ3v) is 5.33. The quantitative estimate of drug-likeness (QED) is 0.757. The van der Waals surface area contributed by atoms with Crippen molar-refractivity contribution in [3.8, 4) is 0 Å². The number of hydrogen-bond donors (Lipinski definition) is 1. The second-order valence-electron chi connectivity index (χ2n) is 5.12. The fourth-order valence-electron chi connectivity index (χ4n) is 2.72. The van der Waals surface area contributed by atoms with E-state index in [9.17, 15) is 4.79 Å². The third-order valence-electron chi connectivity index (χ3n) is 3.99. The third kappa shape index (κ3) is 2.38. The van der Waals surface area contributed by atoms with E-state index in [0.717, 1.165) is 31.6 Å². The van der Waals surface area contributed by atoms with Crippen molar-refractivity contribution < 1.29 is 4.79 Å². The van der Waals surface area contributed by atoms with Crippen LogP contribution >= 0.6 is 11.8 Å². The van der Waals surface area contributed by atoms with Crippen molar-refractivity contribution in [1.82, 2.24) is 4.90 Å². The van der Waals surface area contributed by atoms with Gasteiger partial charge in [0, 0.05) is 35.5 Å². The molecule has 2 fully saturated rings. The van der Waals surface area contributed by atoms with Gasteiger partial charge in [0.15, 0.2) is 0 Å². The van der Waals surface area contributed by atoms with E-state index in [2.05, 4.69) is 18.7 Å². The highest BCUT2D eigenvalue weighted by Gasteiger charge is 2.35. The zero-order chi connectivity index (χ0) is 11.7. The summed E-state index contributed by atoms with van der Waals surface area (Å²) in [4.78, 5) is 14.5. The second kappa shape index (κ2) is 4.96. The predicted molar refractivity (Wildman–Crippen MR) is 68.4 cm³/mol. The monoisotopic (exact) mass is 242 g/mol. The van der Waals surface area contributed by atoms with Crippen LogP contribution in [-0.4, -0.2) is 40.4 Å². The summed E-state index contributed by atoms with van der Waals surface area (Å²) in [5.74, 6) is 1.64. The van der Waals surface area contributed by atoms with E-state index in [4.69, 9.17) is 5.73 Å². The number of nitrogens with zero attached hydrogens (tertiary/aromatic N) is 1. The highest BCUT2D eigenvalue weighted by atomic mass is 32.2. The molecule has 4 atom stereocenters. The molecular weight excluding hydrogens is 220 g/mol. The zero-order valence-corrected chi connectivity index (χ0v) is 11.0. The zero-order valence-electron chi connectivity index (χ0n) is 10.2. The number of rotatable bonds is 1. The lowest BCUT2D eigenvalue weighted by Gasteiger charge is -2.38. The molecule has 1 amide bonds. The number of carbonyl (C=O) groups excluding carboxylic acids is 1. The Morgan fingerprint density at radius 1 is 1.38 bits per heavy atom. The molecule has 1 saturated heterocycles. The number of carbonyl (C=O) groups is 1. The Morgan fingerprint density at radius 2 is 2.12 bits per heavy atom. The summed E-state index contributed by atoms with van der Waals surface area (Å²) in [5.41, 5.74) is 5.88. The molecule has 0 spiro atoms. The predicted octanol–water partition coefficient (Wildman–Crippen LogP) is 1.47. The van der Waals surface area contributed by atoms with Crippen LogP contribution in [-0.2, 0) is 4.79 Å². The highest BCUT2D eigenvalue weighted by molar-refractivity contribution is 8.00. The van der Waals surface area contributed by atoms with Crippen LogP contribution in [0.3, 0.4) is 0 Å². The van der Waals surface area contributed by atoms with E-state index in [1.54, 1.807) is 0 Å². The van der Waals surface area contributed by atoms with E-state index in [1.807, 2.05) is 11.8 Å². The van der Waals surface area contributed by atoms with Crippen molar-refractivity contribution in [3.05, 3.63) is 0 Å². The van der Waals surface area contributed by atoms with Crippen molar-refractivity contribution in [3.63, 3.8) is 0 Å². The molecule has 0 radical (unpaired) electrons. The first kappa shape index (κ1) is 12.2. The molecular formula is C12H22N2OS. The Kier molecular flexibility index (Phi) is 3.80. The van der Waals surface area contributed by atoms with Gasteiger partial charge in [-0.25, -0.2) is 0 Å². The van der Waals surface area contributed by atoms with Crippen LogP contribution in [0.15, 0.2) is 0 Å². The van der Waals surface area contributed by atoms with Crippen molar-refractivity contribution in [1.29, 1.82) is 0 Å². The van der Waals surface area contributed by atoms with Crippen LogP contribution < -0.4 is 5.73 Å². The van der Waals surface area contributed by atoms with Gasteiger partial charge in [-0.2, -0.15) is 11.8 Å². The SMILES string of the molecule is CC1SCCN(C(=O)C2CCC(N)C2)C1C. The number of nitrogens with two attached hydrogens (primary N) is 1. The van der Waals surface area contributed by atoms with E-state index in [-0.39, 0.29) is 12.0 Å². The molecule has 0 aromatic heterocycles. The molecule has 2 rings (SSSR count). The Bertz CT molecular complexity index is 272. The topological polar surface area (TPSA) is 46.3 Å². The van der Waals surface area contributed by atoms with Crippen LogP contribution in [0.2, 0.25) is 0 Å². The van der Waals surface area contributed by atoms with E-state index in [1.165, 1.54) is 0 Å². The van der Waals surface area contributed by atoms with Gasteiger partial charge in [0.1, 0.15) is 0 Å². The normalized spacial score (nSPS) is 40.1. The van der Waals surface area contributed by atoms with Crippen LogP contribution in [0.5, 0.6) is 0 Å². The van der Waals surface area contributed by atoms with Gasteiger partial charge in [-0.05, 0) is 26.2 Å². The summed E-state index contributed by atoms with van der Waals surface area (Å²) < 4.78 is 0. The van der Waals surface area contributed by atoms with Crippen molar-refractivity contribution in [2.45, 2.75) is 50.4 Å². The maximum absolute atomic E-state index is 12.4. The first-order valence-corrected chi connectivity index (χ1v) is 7.32. The number of thioether (sulfide) groups is 1. The number of hydrogen-bond acceptors (Lipinski definition) is 3. The Labute approximate surface area is 102 Å². The van der Waals surface area contributed by atoms with Crippen molar-refractivity contribution in [2.24, 2.45) is 11.7 Å². The molecule has 0 aromatic rings. The minimum absolute atomic E-state index is 0.202.